The number of aryl methyl sites for hydroxylation is 1. The molecule has 0 radical (unpaired) electrons. The predicted molar refractivity (Wildman–Crippen MR) is 75.3 cm³/mol. The molecule has 1 aromatic heterocycles. The summed E-state index contributed by atoms with van der Waals surface area (Å²) in [5, 5.41) is 3.59. The van der Waals surface area contributed by atoms with Crippen molar-refractivity contribution in [3.8, 4) is 0 Å². The maximum atomic E-state index is 4.03. The van der Waals surface area contributed by atoms with E-state index < -0.39 is 0 Å². The van der Waals surface area contributed by atoms with E-state index in [2.05, 4.69) is 60.5 Å². The molecule has 94 valence electrons. The van der Waals surface area contributed by atoms with Crippen molar-refractivity contribution >= 4 is 0 Å². The van der Waals surface area contributed by atoms with E-state index in [0.717, 1.165) is 13.0 Å². The highest BCUT2D eigenvalue weighted by Crippen LogP contribution is 2.17. The lowest BCUT2D eigenvalue weighted by molar-refractivity contribution is 0.519. The van der Waals surface area contributed by atoms with E-state index in [1.54, 1.807) is 0 Å². The van der Waals surface area contributed by atoms with Crippen molar-refractivity contribution in [3.05, 3.63) is 65.5 Å². The van der Waals surface area contributed by atoms with Crippen LogP contribution in [0.3, 0.4) is 0 Å². The molecular formula is C16H20N2. The molecule has 0 aliphatic rings. The van der Waals surface area contributed by atoms with Gasteiger partial charge in [-0.3, -0.25) is 4.98 Å². The zero-order chi connectivity index (χ0) is 12.8. The highest BCUT2D eigenvalue weighted by molar-refractivity contribution is 5.24. The lowest BCUT2D eigenvalue weighted by Gasteiger charge is -2.17. The summed E-state index contributed by atoms with van der Waals surface area (Å²) < 4.78 is 0. The van der Waals surface area contributed by atoms with Crippen LogP contribution >= 0.6 is 0 Å². The standard InChI is InChI=1S/C16H20N2/c1-3-16(15-6-4-13(2)5-7-15)18-12-14-8-10-17-11-9-14/h4-11,16,18H,3,12H2,1-2H3. The molecule has 0 fully saturated rings. The Bertz CT molecular complexity index is 462. The molecule has 0 aliphatic carbocycles. The van der Waals surface area contributed by atoms with Crippen molar-refractivity contribution in [2.45, 2.75) is 32.9 Å². The molecule has 0 saturated heterocycles. The highest BCUT2D eigenvalue weighted by Gasteiger charge is 2.07. The molecule has 2 aromatic rings. The Morgan fingerprint density at radius 1 is 1.06 bits per heavy atom. The Morgan fingerprint density at radius 3 is 2.33 bits per heavy atom. The van der Waals surface area contributed by atoms with Gasteiger partial charge < -0.3 is 5.32 Å². The zero-order valence-electron chi connectivity index (χ0n) is 11.1. The molecule has 1 unspecified atom stereocenters. The zero-order valence-corrected chi connectivity index (χ0v) is 11.1. The second-order valence-electron chi connectivity index (χ2n) is 4.61. The van der Waals surface area contributed by atoms with Crippen LogP contribution in [0, 0.1) is 6.92 Å². The van der Waals surface area contributed by atoms with E-state index in [0.29, 0.717) is 6.04 Å². The lowest BCUT2D eigenvalue weighted by atomic mass is 10.0. The largest absolute Gasteiger partial charge is 0.306 e. The molecule has 2 rings (SSSR count). The maximum Gasteiger partial charge on any atom is 0.0320 e. The van der Waals surface area contributed by atoms with Crippen molar-refractivity contribution in [1.29, 1.82) is 0 Å². The normalized spacial score (nSPS) is 12.3. The Balaban J connectivity index is 1.99. The molecule has 0 aliphatic heterocycles. The summed E-state index contributed by atoms with van der Waals surface area (Å²) in [7, 11) is 0. The van der Waals surface area contributed by atoms with E-state index in [4.69, 9.17) is 0 Å². The molecule has 2 nitrogen and oxygen atoms in total. The van der Waals surface area contributed by atoms with Crippen LogP contribution in [0.25, 0.3) is 0 Å². The fourth-order valence-electron chi connectivity index (χ4n) is 2.04. The topological polar surface area (TPSA) is 24.9 Å². The van der Waals surface area contributed by atoms with Gasteiger partial charge in [-0.05, 0) is 36.6 Å². The van der Waals surface area contributed by atoms with Gasteiger partial charge in [-0.2, -0.15) is 0 Å². The minimum atomic E-state index is 0.416. The van der Waals surface area contributed by atoms with Crippen molar-refractivity contribution in [2.75, 3.05) is 0 Å². The van der Waals surface area contributed by atoms with Crippen LogP contribution in [0.2, 0.25) is 0 Å². The maximum absolute atomic E-state index is 4.03. The van der Waals surface area contributed by atoms with Crippen molar-refractivity contribution in [3.63, 3.8) is 0 Å². The monoisotopic (exact) mass is 240 g/mol. The van der Waals surface area contributed by atoms with Gasteiger partial charge in [-0.15, -0.1) is 0 Å². The van der Waals surface area contributed by atoms with E-state index in [1.807, 2.05) is 12.4 Å². The van der Waals surface area contributed by atoms with Crippen molar-refractivity contribution < 1.29 is 0 Å². The first-order valence-corrected chi connectivity index (χ1v) is 6.48. The fraction of sp³-hybridized carbons (Fsp3) is 0.312. The number of nitrogens with zero attached hydrogens (tertiary/aromatic N) is 1. The van der Waals surface area contributed by atoms with Gasteiger partial charge >= 0.3 is 0 Å². The molecule has 0 spiro atoms. The van der Waals surface area contributed by atoms with Crippen LogP contribution in [0.1, 0.15) is 36.1 Å². The van der Waals surface area contributed by atoms with Crippen LogP contribution in [0.4, 0.5) is 0 Å². The SMILES string of the molecule is CCC(NCc1ccncc1)c1ccc(C)cc1. The molecule has 1 atom stereocenters. The predicted octanol–water partition coefficient (Wildman–Crippen LogP) is 3.63. The van der Waals surface area contributed by atoms with Gasteiger partial charge in [0.2, 0.25) is 0 Å². The Labute approximate surface area is 109 Å². The summed E-state index contributed by atoms with van der Waals surface area (Å²) in [6.07, 6.45) is 4.77. The van der Waals surface area contributed by atoms with Crippen LogP contribution in [-0.2, 0) is 6.54 Å². The third-order valence-electron chi connectivity index (χ3n) is 3.19. The first kappa shape index (κ1) is 12.8. The van der Waals surface area contributed by atoms with E-state index in [-0.39, 0.29) is 0 Å². The molecule has 0 amide bonds. The molecule has 1 N–H and O–H groups in total. The summed E-state index contributed by atoms with van der Waals surface area (Å²) in [6.45, 7) is 5.22. The highest BCUT2D eigenvalue weighted by atomic mass is 14.9. The summed E-state index contributed by atoms with van der Waals surface area (Å²) >= 11 is 0. The Hall–Kier alpha value is -1.67. The number of aromatic nitrogens is 1. The van der Waals surface area contributed by atoms with Gasteiger partial charge in [0, 0.05) is 25.0 Å². The van der Waals surface area contributed by atoms with Crippen molar-refractivity contribution in [1.82, 2.24) is 10.3 Å². The molecule has 0 bridgehead atoms. The number of nitrogens with one attached hydrogen (secondary N) is 1. The first-order chi connectivity index (χ1) is 8.79. The molecule has 2 heteroatoms. The summed E-state index contributed by atoms with van der Waals surface area (Å²) in [6, 6.07) is 13.3. The third-order valence-corrected chi connectivity index (χ3v) is 3.19. The van der Waals surface area contributed by atoms with Gasteiger partial charge in [0.05, 0.1) is 0 Å². The van der Waals surface area contributed by atoms with E-state index >= 15 is 0 Å². The van der Waals surface area contributed by atoms with Crippen LogP contribution < -0.4 is 5.32 Å². The molecule has 0 saturated carbocycles. The second-order valence-corrected chi connectivity index (χ2v) is 4.61. The van der Waals surface area contributed by atoms with Crippen LogP contribution in [0.15, 0.2) is 48.8 Å². The number of rotatable bonds is 5. The smallest absolute Gasteiger partial charge is 0.0320 e. The third kappa shape index (κ3) is 3.41. The molecular weight excluding hydrogens is 220 g/mol. The molecule has 1 heterocycles. The van der Waals surface area contributed by atoms with E-state index in [1.165, 1.54) is 16.7 Å². The van der Waals surface area contributed by atoms with E-state index in [9.17, 15) is 0 Å². The summed E-state index contributed by atoms with van der Waals surface area (Å²) in [4.78, 5) is 4.03. The van der Waals surface area contributed by atoms with Crippen LogP contribution in [0.5, 0.6) is 0 Å². The van der Waals surface area contributed by atoms with Crippen LogP contribution in [-0.4, -0.2) is 4.98 Å². The summed E-state index contributed by atoms with van der Waals surface area (Å²) in [5.74, 6) is 0. The average molecular weight is 240 g/mol. The number of hydrogen-bond donors (Lipinski definition) is 1. The molecule has 18 heavy (non-hydrogen) atoms. The first-order valence-electron chi connectivity index (χ1n) is 6.48. The van der Waals surface area contributed by atoms with Gasteiger partial charge in [0.1, 0.15) is 0 Å². The Kier molecular flexibility index (Phi) is 4.48. The lowest BCUT2D eigenvalue weighted by Crippen LogP contribution is -2.20. The minimum Gasteiger partial charge on any atom is -0.306 e. The van der Waals surface area contributed by atoms with Crippen molar-refractivity contribution in [2.24, 2.45) is 0 Å². The van der Waals surface area contributed by atoms with Gasteiger partial charge in [-0.1, -0.05) is 36.8 Å². The number of benzene rings is 1. The fourth-order valence-corrected chi connectivity index (χ4v) is 2.04. The average Bonchev–Trinajstić information content (AvgIpc) is 2.42. The Morgan fingerprint density at radius 2 is 1.72 bits per heavy atom. The quantitative estimate of drug-likeness (QED) is 0.863. The van der Waals surface area contributed by atoms with Gasteiger partial charge in [-0.25, -0.2) is 0 Å². The van der Waals surface area contributed by atoms with Gasteiger partial charge in [0.25, 0.3) is 0 Å². The minimum absolute atomic E-state index is 0.416. The second kappa shape index (κ2) is 6.31. The van der Waals surface area contributed by atoms with Gasteiger partial charge in [0.15, 0.2) is 0 Å². The molecule has 1 aromatic carbocycles. The number of pyridine rings is 1. The number of hydrogen-bond acceptors (Lipinski definition) is 2. The summed E-state index contributed by atoms with van der Waals surface area (Å²) in [5.41, 5.74) is 3.94.